The SMILES string of the molecule is CCn1c(-c2cccnc2[C@H](C)OC)c2c3cc(ccc31)-c1csc(n1)C[C@H](NC(=O)[C@@H]1[C@@H](C)[C@H]1C#N)C(=O)N1CCC[C@H](N1)C(=O)OCC(C)(C)C2. The quantitative estimate of drug-likeness (QED) is 0.241. The number of carbonyl (C=O) groups is 3. The zero-order valence-electron chi connectivity index (χ0n) is 31.1. The number of nitriles is 1. The summed E-state index contributed by atoms with van der Waals surface area (Å²) >= 11 is 1.44. The highest BCUT2D eigenvalue weighted by Crippen LogP contribution is 2.46. The summed E-state index contributed by atoms with van der Waals surface area (Å²) in [5.41, 5.74) is 9.45. The van der Waals surface area contributed by atoms with Crippen molar-refractivity contribution < 1.29 is 23.9 Å². The van der Waals surface area contributed by atoms with Crippen LogP contribution < -0.4 is 10.7 Å². The van der Waals surface area contributed by atoms with Crippen molar-refractivity contribution in [2.45, 2.75) is 85.0 Å². The molecule has 12 nitrogen and oxygen atoms in total. The minimum Gasteiger partial charge on any atom is -0.464 e. The van der Waals surface area contributed by atoms with Crippen LogP contribution in [-0.2, 0) is 43.2 Å². The van der Waals surface area contributed by atoms with Gasteiger partial charge in [0, 0.05) is 65.6 Å². The third kappa shape index (κ3) is 7.07. The first-order valence-corrected chi connectivity index (χ1v) is 19.3. The number of fused-ring (bicyclic) bond motifs is 6. The maximum atomic E-state index is 14.1. The van der Waals surface area contributed by atoms with Crippen LogP contribution in [0.15, 0.2) is 41.9 Å². The van der Waals surface area contributed by atoms with Crippen LogP contribution in [0.3, 0.4) is 0 Å². The molecular weight excluding hydrogens is 691 g/mol. The Morgan fingerprint density at radius 1 is 1.28 bits per heavy atom. The van der Waals surface area contributed by atoms with Crippen molar-refractivity contribution in [1.29, 1.82) is 5.26 Å². The van der Waals surface area contributed by atoms with E-state index < -0.39 is 29.4 Å². The Morgan fingerprint density at radius 3 is 2.83 bits per heavy atom. The Bertz CT molecular complexity index is 2100. The summed E-state index contributed by atoms with van der Waals surface area (Å²) in [5.74, 6) is -2.01. The first kappa shape index (κ1) is 36.7. The first-order chi connectivity index (χ1) is 25.4. The molecule has 2 N–H and O–H groups in total. The molecule has 2 aliphatic heterocycles. The number of aromatic nitrogens is 3. The highest BCUT2D eigenvalue weighted by Gasteiger charge is 2.53. The summed E-state index contributed by atoms with van der Waals surface area (Å²) in [6.45, 7) is 11.5. The summed E-state index contributed by atoms with van der Waals surface area (Å²) in [4.78, 5) is 50.8. The Kier molecular flexibility index (Phi) is 10.1. The fraction of sp³-hybridized carbons (Fsp3) is 0.500. The lowest BCUT2D eigenvalue weighted by molar-refractivity contribution is -0.155. The number of methoxy groups -OCH3 is 1. The van der Waals surface area contributed by atoms with E-state index in [-0.39, 0.29) is 42.8 Å². The molecule has 2 amide bonds. The molecule has 4 aromatic rings. The van der Waals surface area contributed by atoms with Gasteiger partial charge in [-0.15, -0.1) is 11.3 Å². The molecule has 1 aromatic carbocycles. The molecule has 7 rings (SSSR count). The molecule has 0 unspecified atom stereocenters. The largest absolute Gasteiger partial charge is 0.464 e. The van der Waals surface area contributed by atoms with E-state index in [2.05, 4.69) is 66.4 Å². The summed E-state index contributed by atoms with van der Waals surface area (Å²) in [7, 11) is 1.69. The van der Waals surface area contributed by atoms with Crippen molar-refractivity contribution in [3.63, 3.8) is 0 Å². The van der Waals surface area contributed by atoms with Gasteiger partial charge in [-0.05, 0) is 68.9 Å². The van der Waals surface area contributed by atoms with Crippen LogP contribution in [0.25, 0.3) is 33.4 Å². The minimum absolute atomic E-state index is 0.0756. The average Bonchev–Trinajstić information content (AvgIpc) is 3.44. The van der Waals surface area contributed by atoms with Crippen LogP contribution >= 0.6 is 11.3 Å². The predicted molar refractivity (Wildman–Crippen MR) is 201 cm³/mol. The second-order valence-electron chi connectivity index (χ2n) is 15.3. The van der Waals surface area contributed by atoms with Crippen LogP contribution in [-0.4, -0.2) is 69.7 Å². The van der Waals surface area contributed by atoms with Crippen molar-refractivity contribution in [1.82, 2.24) is 30.3 Å². The summed E-state index contributed by atoms with van der Waals surface area (Å²) in [5, 5.41) is 17.6. The predicted octanol–water partition coefficient (Wildman–Crippen LogP) is 5.61. The highest BCUT2D eigenvalue weighted by molar-refractivity contribution is 7.10. The number of amides is 2. The Labute approximate surface area is 313 Å². The van der Waals surface area contributed by atoms with Gasteiger partial charge in [0.05, 0.1) is 52.7 Å². The van der Waals surface area contributed by atoms with Crippen LogP contribution in [0.4, 0.5) is 0 Å². The lowest BCUT2D eigenvalue weighted by Gasteiger charge is -2.35. The molecular formula is C40H47N7O5S. The second kappa shape index (κ2) is 14.6. The van der Waals surface area contributed by atoms with Crippen molar-refractivity contribution in [3.05, 3.63) is 58.2 Å². The number of hydrogen-bond donors (Lipinski definition) is 2. The number of rotatable bonds is 6. The number of carbonyl (C=O) groups excluding carboxylic acids is 3. The van der Waals surface area contributed by atoms with Gasteiger partial charge in [-0.3, -0.25) is 24.4 Å². The average molecular weight is 738 g/mol. The van der Waals surface area contributed by atoms with E-state index >= 15 is 0 Å². The molecule has 1 aliphatic carbocycles. The van der Waals surface area contributed by atoms with Gasteiger partial charge in [0.25, 0.3) is 5.91 Å². The lowest BCUT2D eigenvalue weighted by Crippen LogP contribution is -2.60. The van der Waals surface area contributed by atoms with Gasteiger partial charge in [-0.1, -0.05) is 26.8 Å². The van der Waals surface area contributed by atoms with Crippen LogP contribution in [0, 0.1) is 34.5 Å². The third-order valence-corrected chi connectivity index (χ3v) is 11.9. The van der Waals surface area contributed by atoms with E-state index in [9.17, 15) is 19.6 Å². The first-order valence-electron chi connectivity index (χ1n) is 18.5. The van der Waals surface area contributed by atoms with Gasteiger partial charge >= 0.3 is 5.97 Å². The molecule has 0 spiro atoms. The number of nitrogens with zero attached hydrogens (tertiary/aromatic N) is 5. The number of esters is 1. The molecule has 3 aromatic heterocycles. The minimum atomic E-state index is -0.938. The molecule has 1 saturated carbocycles. The summed E-state index contributed by atoms with van der Waals surface area (Å²) in [6, 6.07) is 11.0. The number of hydrazine groups is 1. The Balaban J connectivity index is 1.34. The summed E-state index contributed by atoms with van der Waals surface area (Å²) in [6.07, 6.45) is 3.44. The number of aryl methyl sites for hydroxylation is 1. The number of ether oxygens (including phenoxy) is 2. The Hall–Kier alpha value is -4.64. The second-order valence-corrected chi connectivity index (χ2v) is 16.3. The third-order valence-electron chi connectivity index (χ3n) is 11.0. The highest BCUT2D eigenvalue weighted by atomic mass is 32.1. The van der Waals surface area contributed by atoms with E-state index in [0.717, 1.165) is 51.2 Å². The van der Waals surface area contributed by atoms with Crippen LogP contribution in [0.1, 0.15) is 69.8 Å². The molecule has 6 bridgehead atoms. The van der Waals surface area contributed by atoms with Gasteiger partial charge in [0.15, 0.2) is 0 Å². The maximum absolute atomic E-state index is 14.1. The molecule has 2 fully saturated rings. The summed E-state index contributed by atoms with van der Waals surface area (Å²) < 4.78 is 14.1. The van der Waals surface area contributed by atoms with E-state index in [4.69, 9.17) is 19.4 Å². The van der Waals surface area contributed by atoms with E-state index in [1.54, 1.807) is 13.3 Å². The van der Waals surface area contributed by atoms with Crippen LogP contribution in [0.5, 0.6) is 0 Å². The number of benzene rings is 1. The topological polar surface area (TPSA) is 151 Å². The van der Waals surface area contributed by atoms with Gasteiger partial charge in [0.2, 0.25) is 5.91 Å². The van der Waals surface area contributed by atoms with E-state index in [0.29, 0.717) is 30.8 Å². The lowest BCUT2D eigenvalue weighted by atomic mass is 9.84. The molecule has 5 heterocycles. The van der Waals surface area contributed by atoms with Gasteiger partial charge in [0.1, 0.15) is 12.1 Å². The monoisotopic (exact) mass is 737 g/mol. The number of pyridine rings is 1. The number of hydrogen-bond acceptors (Lipinski definition) is 10. The van der Waals surface area contributed by atoms with Gasteiger partial charge in [-0.25, -0.2) is 10.4 Å². The standard InChI is InChI=1S/C40H47N7O5S/c1-7-46-32-13-12-24-16-26(32)27(36(46)25-10-8-14-42-35(25)23(3)51-6)18-40(4,5)21-52-39(50)29-11-9-15-47(45-29)38(49)30(17-33-43-31(24)20-53-33)44-37(48)34-22(2)28(34)19-41/h8,10,12-14,16,20,22-23,28-30,34,45H,7,9,11,15,17-18,21H2,1-6H3,(H,44,48)/t22-,23-,28+,29-,30-,34+/m0/s1. The van der Waals surface area contributed by atoms with E-state index in [1.165, 1.54) is 16.3 Å². The molecule has 1 saturated heterocycles. The molecule has 278 valence electrons. The fourth-order valence-electron chi connectivity index (χ4n) is 7.89. The number of nitrogens with one attached hydrogen (secondary N) is 2. The Morgan fingerprint density at radius 2 is 2.09 bits per heavy atom. The van der Waals surface area contributed by atoms with Crippen LogP contribution in [0.2, 0.25) is 0 Å². The number of cyclic esters (lactones) is 1. The molecule has 53 heavy (non-hydrogen) atoms. The number of thiazole rings is 1. The zero-order chi connectivity index (χ0) is 37.6. The smallest absolute Gasteiger partial charge is 0.324 e. The molecule has 13 heteroatoms. The van der Waals surface area contributed by atoms with E-state index in [1.807, 2.05) is 25.3 Å². The van der Waals surface area contributed by atoms with Crippen molar-refractivity contribution in [3.8, 4) is 28.6 Å². The maximum Gasteiger partial charge on any atom is 0.324 e. The fourth-order valence-corrected chi connectivity index (χ4v) is 8.74. The normalized spacial score (nSPS) is 24.9. The van der Waals surface area contributed by atoms with Crippen molar-refractivity contribution in [2.75, 3.05) is 20.3 Å². The van der Waals surface area contributed by atoms with Gasteiger partial charge in [-0.2, -0.15) is 5.26 Å². The van der Waals surface area contributed by atoms with Crippen molar-refractivity contribution >= 4 is 40.0 Å². The molecule has 6 atom stereocenters. The molecule has 3 aliphatic rings. The van der Waals surface area contributed by atoms with Gasteiger partial charge < -0.3 is 19.4 Å². The van der Waals surface area contributed by atoms with Crippen molar-refractivity contribution in [2.24, 2.45) is 23.2 Å². The molecule has 0 radical (unpaired) electrons. The zero-order valence-corrected chi connectivity index (χ0v) is 32.0.